The Hall–Kier alpha value is -2.44. The third-order valence-corrected chi connectivity index (χ3v) is 5.41. The molecule has 2 aromatic carbocycles. The van der Waals surface area contributed by atoms with Crippen LogP contribution < -0.4 is 9.80 Å². The van der Waals surface area contributed by atoms with Gasteiger partial charge in [0.05, 0.1) is 18.2 Å². The molecule has 2 aliphatic heterocycles. The van der Waals surface area contributed by atoms with Gasteiger partial charge in [-0.05, 0) is 48.5 Å². The van der Waals surface area contributed by atoms with Gasteiger partial charge in [0.25, 0.3) is 5.91 Å². The number of hydrogen-bond acceptors (Lipinski definition) is 4. The fourth-order valence-corrected chi connectivity index (χ4v) is 3.83. The number of imide groups is 1. The number of rotatable bonds is 3. The van der Waals surface area contributed by atoms with E-state index < -0.39 is 11.9 Å². The number of nitrogens with zero attached hydrogens (tertiary/aromatic N) is 3. The Bertz CT molecular complexity index is 849. The molecule has 140 valence electrons. The molecule has 0 saturated carbocycles. The SMILES string of the molecule is O=C1C[C@@H](N2CCN(c3ccc(Cl)cc3)CC2)C(=O)N1c1ccc(F)cc1. The average molecular weight is 388 g/mol. The van der Waals surface area contributed by atoms with E-state index in [1.54, 1.807) is 0 Å². The van der Waals surface area contributed by atoms with Crippen LogP contribution in [0.15, 0.2) is 48.5 Å². The highest BCUT2D eigenvalue weighted by atomic mass is 35.5. The van der Waals surface area contributed by atoms with Crippen molar-refractivity contribution in [1.29, 1.82) is 0 Å². The van der Waals surface area contributed by atoms with Crippen molar-refractivity contribution in [2.45, 2.75) is 12.5 Å². The Morgan fingerprint density at radius 2 is 1.44 bits per heavy atom. The molecule has 1 atom stereocenters. The largest absolute Gasteiger partial charge is 0.369 e. The van der Waals surface area contributed by atoms with E-state index in [1.165, 1.54) is 29.2 Å². The maximum absolute atomic E-state index is 13.1. The van der Waals surface area contributed by atoms with Crippen LogP contribution in [-0.2, 0) is 9.59 Å². The predicted octanol–water partition coefficient (Wildman–Crippen LogP) is 2.93. The first-order valence-corrected chi connectivity index (χ1v) is 9.27. The molecule has 0 radical (unpaired) electrons. The Balaban J connectivity index is 1.43. The summed E-state index contributed by atoms with van der Waals surface area (Å²) in [5.41, 5.74) is 1.52. The zero-order valence-corrected chi connectivity index (χ0v) is 15.4. The number of halogens is 2. The van der Waals surface area contributed by atoms with Crippen molar-refractivity contribution in [3.05, 3.63) is 59.4 Å². The Morgan fingerprint density at radius 1 is 0.852 bits per heavy atom. The maximum atomic E-state index is 13.1. The van der Waals surface area contributed by atoms with Crippen molar-refractivity contribution in [3.63, 3.8) is 0 Å². The lowest BCUT2D eigenvalue weighted by Crippen LogP contribution is -2.52. The zero-order chi connectivity index (χ0) is 19.0. The smallest absolute Gasteiger partial charge is 0.251 e. The highest BCUT2D eigenvalue weighted by molar-refractivity contribution is 6.30. The lowest BCUT2D eigenvalue weighted by atomic mass is 10.1. The molecule has 27 heavy (non-hydrogen) atoms. The Morgan fingerprint density at radius 3 is 2.07 bits per heavy atom. The second-order valence-corrected chi connectivity index (χ2v) is 7.20. The van der Waals surface area contributed by atoms with Crippen molar-refractivity contribution in [3.8, 4) is 0 Å². The van der Waals surface area contributed by atoms with Gasteiger partial charge in [0.2, 0.25) is 5.91 Å². The van der Waals surface area contributed by atoms with Crippen LogP contribution in [0.2, 0.25) is 5.02 Å². The van der Waals surface area contributed by atoms with Crippen LogP contribution in [0.1, 0.15) is 6.42 Å². The Kier molecular flexibility index (Phi) is 4.85. The van der Waals surface area contributed by atoms with Crippen molar-refractivity contribution in [1.82, 2.24) is 4.90 Å². The van der Waals surface area contributed by atoms with E-state index in [0.717, 1.165) is 18.8 Å². The number of piperazine rings is 1. The van der Waals surface area contributed by atoms with Gasteiger partial charge in [-0.25, -0.2) is 9.29 Å². The van der Waals surface area contributed by atoms with Crippen molar-refractivity contribution in [2.75, 3.05) is 36.0 Å². The standard InChI is InChI=1S/C20H19ClFN3O2/c21-14-1-5-16(6-2-14)23-9-11-24(12-10-23)18-13-19(26)25(20(18)27)17-7-3-15(22)4-8-17/h1-8,18H,9-13H2/t18-/m1/s1. The normalized spacial score (nSPS) is 21.2. The van der Waals surface area contributed by atoms with Crippen LogP contribution in [0.25, 0.3) is 0 Å². The summed E-state index contributed by atoms with van der Waals surface area (Å²) in [7, 11) is 0. The van der Waals surface area contributed by atoms with Gasteiger partial charge in [-0.3, -0.25) is 14.5 Å². The van der Waals surface area contributed by atoms with E-state index in [2.05, 4.69) is 9.80 Å². The van der Waals surface area contributed by atoms with E-state index in [1.807, 2.05) is 24.3 Å². The molecule has 0 unspecified atom stereocenters. The number of carbonyl (C=O) groups excluding carboxylic acids is 2. The lowest BCUT2D eigenvalue weighted by molar-refractivity contribution is -0.123. The molecule has 2 heterocycles. The molecule has 5 nitrogen and oxygen atoms in total. The first-order chi connectivity index (χ1) is 13.0. The number of amides is 2. The topological polar surface area (TPSA) is 43.9 Å². The number of hydrogen-bond donors (Lipinski definition) is 0. The van der Waals surface area contributed by atoms with Crippen LogP contribution in [-0.4, -0.2) is 48.9 Å². The molecule has 0 spiro atoms. The molecule has 2 aliphatic rings. The molecule has 7 heteroatoms. The van der Waals surface area contributed by atoms with Gasteiger partial charge in [-0.1, -0.05) is 11.6 Å². The summed E-state index contributed by atoms with van der Waals surface area (Å²) >= 11 is 5.94. The highest BCUT2D eigenvalue weighted by Gasteiger charge is 2.43. The molecule has 2 amide bonds. The summed E-state index contributed by atoms with van der Waals surface area (Å²) in [6.45, 7) is 2.94. The minimum atomic E-state index is -0.449. The number of anilines is 2. The monoisotopic (exact) mass is 387 g/mol. The predicted molar refractivity (Wildman–Crippen MR) is 103 cm³/mol. The molecular formula is C20H19ClFN3O2. The second-order valence-electron chi connectivity index (χ2n) is 6.76. The zero-order valence-electron chi connectivity index (χ0n) is 14.6. The molecular weight excluding hydrogens is 369 g/mol. The minimum absolute atomic E-state index is 0.164. The van der Waals surface area contributed by atoms with Crippen LogP contribution in [0, 0.1) is 5.82 Å². The summed E-state index contributed by atoms with van der Waals surface area (Å²) in [6.07, 6.45) is 0.164. The van der Waals surface area contributed by atoms with Gasteiger partial charge in [0, 0.05) is 36.9 Å². The van der Waals surface area contributed by atoms with E-state index in [4.69, 9.17) is 11.6 Å². The van der Waals surface area contributed by atoms with Crippen LogP contribution in [0.4, 0.5) is 15.8 Å². The summed E-state index contributed by atoms with van der Waals surface area (Å²) in [6, 6.07) is 12.7. The molecule has 0 aromatic heterocycles. The van der Waals surface area contributed by atoms with Gasteiger partial charge < -0.3 is 4.90 Å². The van der Waals surface area contributed by atoms with Crippen LogP contribution in [0.5, 0.6) is 0 Å². The fraction of sp³-hybridized carbons (Fsp3) is 0.300. The summed E-state index contributed by atoms with van der Waals surface area (Å²) in [5, 5.41) is 0.702. The molecule has 2 saturated heterocycles. The van der Waals surface area contributed by atoms with Crippen molar-refractivity contribution < 1.29 is 14.0 Å². The third kappa shape index (κ3) is 3.55. The van der Waals surface area contributed by atoms with E-state index >= 15 is 0 Å². The van der Waals surface area contributed by atoms with Gasteiger partial charge >= 0.3 is 0 Å². The van der Waals surface area contributed by atoms with Gasteiger partial charge in [-0.2, -0.15) is 0 Å². The maximum Gasteiger partial charge on any atom is 0.251 e. The van der Waals surface area contributed by atoms with Crippen molar-refractivity contribution in [2.24, 2.45) is 0 Å². The van der Waals surface area contributed by atoms with E-state index in [0.29, 0.717) is 23.8 Å². The minimum Gasteiger partial charge on any atom is -0.369 e. The lowest BCUT2D eigenvalue weighted by Gasteiger charge is -2.38. The molecule has 0 N–H and O–H groups in total. The Labute approximate surface area is 161 Å². The molecule has 2 fully saturated rings. The highest BCUT2D eigenvalue weighted by Crippen LogP contribution is 2.27. The van der Waals surface area contributed by atoms with E-state index in [9.17, 15) is 14.0 Å². The fourth-order valence-electron chi connectivity index (χ4n) is 3.71. The van der Waals surface area contributed by atoms with E-state index in [-0.39, 0.29) is 18.2 Å². The number of benzene rings is 2. The summed E-state index contributed by atoms with van der Waals surface area (Å²) < 4.78 is 13.1. The van der Waals surface area contributed by atoms with Crippen LogP contribution >= 0.6 is 11.6 Å². The first kappa shape index (κ1) is 17.9. The van der Waals surface area contributed by atoms with Crippen LogP contribution in [0.3, 0.4) is 0 Å². The molecule has 4 rings (SSSR count). The average Bonchev–Trinajstić information content (AvgIpc) is 2.98. The second kappa shape index (κ2) is 7.29. The quantitative estimate of drug-likeness (QED) is 0.759. The number of carbonyl (C=O) groups is 2. The first-order valence-electron chi connectivity index (χ1n) is 8.90. The van der Waals surface area contributed by atoms with Gasteiger partial charge in [0.1, 0.15) is 5.82 Å². The van der Waals surface area contributed by atoms with Crippen molar-refractivity contribution >= 4 is 34.8 Å². The summed E-state index contributed by atoms with van der Waals surface area (Å²) in [5.74, 6) is -0.865. The molecule has 0 bridgehead atoms. The molecule has 0 aliphatic carbocycles. The molecule has 2 aromatic rings. The summed E-state index contributed by atoms with van der Waals surface area (Å²) in [4.78, 5) is 30.7. The third-order valence-electron chi connectivity index (χ3n) is 5.15. The van der Waals surface area contributed by atoms with Gasteiger partial charge in [0.15, 0.2) is 0 Å². The van der Waals surface area contributed by atoms with Gasteiger partial charge in [-0.15, -0.1) is 0 Å².